The Balaban J connectivity index is 1.71. The molecule has 0 atom stereocenters. The van der Waals surface area contributed by atoms with Gasteiger partial charge in [0.1, 0.15) is 0 Å². The van der Waals surface area contributed by atoms with Crippen molar-refractivity contribution in [2.75, 3.05) is 18.0 Å². The van der Waals surface area contributed by atoms with Gasteiger partial charge >= 0.3 is 0 Å². The Morgan fingerprint density at radius 2 is 2.37 bits per heavy atom. The molecule has 0 aromatic carbocycles. The van der Waals surface area contributed by atoms with E-state index in [1.807, 2.05) is 12.3 Å². The summed E-state index contributed by atoms with van der Waals surface area (Å²) in [5.41, 5.74) is 1.03. The van der Waals surface area contributed by atoms with Crippen LogP contribution in [0.3, 0.4) is 0 Å². The SMILES string of the molecule is CCN(C(C)=O)c1nc(CNCCCC2CC2)cs1. The first-order valence-corrected chi connectivity index (χ1v) is 8.02. The average molecular weight is 281 g/mol. The Hall–Kier alpha value is -0.940. The van der Waals surface area contributed by atoms with Gasteiger partial charge < -0.3 is 5.32 Å². The topological polar surface area (TPSA) is 45.2 Å². The quantitative estimate of drug-likeness (QED) is 0.745. The summed E-state index contributed by atoms with van der Waals surface area (Å²) in [6.45, 7) is 6.10. The van der Waals surface area contributed by atoms with Crippen molar-refractivity contribution in [3.05, 3.63) is 11.1 Å². The molecular formula is C14H23N3OS. The maximum absolute atomic E-state index is 11.4. The molecule has 0 aliphatic heterocycles. The van der Waals surface area contributed by atoms with Crippen LogP contribution in [0.5, 0.6) is 0 Å². The standard InChI is InChI=1S/C14H23N3OS/c1-3-17(11(2)18)14-16-13(10-19-14)9-15-8-4-5-12-6-7-12/h10,12,15H,3-9H2,1-2H3. The number of thiazole rings is 1. The molecule has 1 aromatic heterocycles. The Labute approximate surface area is 119 Å². The minimum atomic E-state index is 0.0563. The summed E-state index contributed by atoms with van der Waals surface area (Å²) in [5, 5.41) is 6.27. The van der Waals surface area contributed by atoms with Crippen molar-refractivity contribution in [1.29, 1.82) is 0 Å². The summed E-state index contributed by atoms with van der Waals surface area (Å²) in [7, 11) is 0. The molecule has 1 aliphatic carbocycles. The highest BCUT2D eigenvalue weighted by Gasteiger charge is 2.19. The molecule has 106 valence electrons. The molecule has 0 saturated heterocycles. The van der Waals surface area contributed by atoms with E-state index in [0.29, 0.717) is 6.54 Å². The first-order chi connectivity index (χ1) is 9.20. The lowest BCUT2D eigenvalue weighted by molar-refractivity contribution is -0.116. The second kappa shape index (κ2) is 7.01. The average Bonchev–Trinajstić information content (AvgIpc) is 3.09. The van der Waals surface area contributed by atoms with Crippen molar-refractivity contribution in [1.82, 2.24) is 10.3 Å². The van der Waals surface area contributed by atoms with Gasteiger partial charge in [0.15, 0.2) is 5.13 Å². The smallest absolute Gasteiger partial charge is 0.225 e. The van der Waals surface area contributed by atoms with Crippen molar-refractivity contribution in [2.24, 2.45) is 5.92 Å². The summed E-state index contributed by atoms with van der Waals surface area (Å²) in [5.74, 6) is 1.07. The molecule has 0 spiro atoms. The van der Waals surface area contributed by atoms with Gasteiger partial charge in [0.2, 0.25) is 5.91 Å². The number of hydrogen-bond acceptors (Lipinski definition) is 4. The zero-order valence-electron chi connectivity index (χ0n) is 11.8. The minimum absolute atomic E-state index is 0.0563. The molecular weight excluding hydrogens is 258 g/mol. The minimum Gasteiger partial charge on any atom is -0.311 e. The Kier molecular flexibility index (Phi) is 5.34. The van der Waals surface area contributed by atoms with E-state index in [1.165, 1.54) is 25.7 Å². The van der Waals surface area contributed by atoms with Gasteiger partial charge in [-0.15, -0.1) is 11.3 Å². The number of carbonyl (C=O) groups excluding carboxylic acids is 1. The maximum Gasteiger partial charge on any atom is 0.225 e. The fourth-order valence-electron chi connectivity index (χ4n) is 2.13. The van der Waals surface area contributed by atoms with Crippen molar-refractivity contribution in [3.63, 3.8) is 0 Å². The van der Waals surface area contributed by atoms with Gasteiger partial charge in [-0.2, -0.15) is 0 Å². The second-order valence-corrected chi connectivity index (χ2v) is 5.98. The number of aromatic nitrogens is 1. The van der Waals surface area contributed by atoms with E-state index in [4.69, 9.17) is 0 Å². The molecule has 1 aliphatic rings. The Morgan fingerprint density at radius 3 is 3.00 bits per heavy atom. The molecule has 1 aromatic rings. The molecule has 1 N–H and O–H groups in total. The van der Waals surface area contributed by atoms with Crippen molar-refractivity contribution in [2.45, 2.75) is 46.1 Å². The summed E-state index contributed by atoms with van der Waals surface area (Å²) in [6, 6.07) is 0. The normalized spacial score (nSPS) is 14.6. The van der Waals surface area contributed by atoms with Gasteiger partial charge in [-0.05, 0) is 32.2 Å². The van der Waals surface area contributed by atoms with E-state index in [-0.39, 0.29) is 5.91 Å². The molecule has 1 fully saturated rings. The Bertz CT molecular complexity index is 415. The molecule has 1 amide bonds. The largest absolute Gasteiger partial charge is 0.311 e. The third-order valence-electron chi connectivity index (χ3n) is 3.44. The first kappa shape index (κ1) is 14.5. The highest BCUT2D eigenvalue weighted by atomic mass is 32.1. The summed E-state index contributed by atoms with van der Waals surface area (Å²) >= 11 is 1.54. The number of rotatable bonds is 8. The van der Waals surface area contributed by atoms with E-state index in [1.54, 1.807) is 23.2 Å². The molecule has 4 nitrogen and oxygen atoms in total. The van der Waals surface area contributed by atoms with Gasteiger partial charge in [-0.25, -0.2) is 4.98 Å². The van der Waals surface area contributed by atoms with Gasteiger partial charge in [0, 0.05) is 25.4 Å². The van der Waals surface area contributed by atoms with Crippen LogP contribution in [0.25, 0.3) is 0 Å². The van der Waals surface area contributed by atoms with Crippen LogP contribution in [0.4, 0.5) is 5.13 Å². The highest BCUT2D eigenvalue weighted by Crippen LogP contribution is 2.33. The van der Waals surface area contributed by atoms with Crippen molar-refractivity contribution in [3.8, 4) is 0 Å². The van der Waals surface area contributed by atoms with E-state index in [0.717, 1.165) is 29.8 Å². The monoisotopic (exact) mass is 281 g/mol. The van der Waals surface area contributed by atoms with E-state index >= 15 is 0 Å². The van der Waals surface area contributed by atoms with E-state index in [2.05, 4.69) is 10.3 Å². The van der Waals surface area contributed by atoms with Gasteiger partial charge in [0.25, 0.3) is 0 Å². The predicted molar refractivity (Wildman–Crippen MR) is 79.5 cm³/mol. The molecule has 2 rings (SSSR count). The van der Waals surface area contributed by atoms with Gasteiger partial charge in [0.05, 0.1) is 5.69 Å². The number of nitrogens with one attached hydrogen (secondary N) is 1. The second-order valence-electron chi connectivity index (χ2n) is 5.15. The summed E-state index contributed by atoms with van der Waals surface area (Å²) < 4.78 is 0. The number of carbonyl (C=O) groups is 1. The maximum atomic E-state index is 11.4. The molecule has 1 heterocycles. The number of anilines is 1. The van der Waals surface area contributed by atoms with Crippen LogP contribution in [0.15, 0.2) is 5.38 Å². The van der Waals surface area contributed by atoms with E-state index in [9.17, 15) is 4.79 Å². The molecule has 1 saturated carbocycles. The zero-order chi connectivity index (χ0) is 13.7. The summed E-state index contributed by atoms with van der Waals surface area (Å²) in [6.07, 6.45) is 5.50. The van der Waals surface area contributed by atoms with Gasteiger partial charge in [-0.1, -0.05) is 12.8 Å². The number of nitrogens with zero attached hydrogens (tertiary/aromatic N) is 2. The lowest BCUT2D eigenvalue weighted by Crippen LogP contribution is -2.27. The van der Waals surface area contributed by atoms with Crippen LogP contribution in [0, 0.1) is 5.92 Å². The fraction of sp³-hybridized carbons (Fsp3) is 0.714. The molecule has 5 heteroatoms. The predicted octanol–water partition coefficient (Wildman–Crippen LogP) is 2.80. The van der Waals surface area contributed by atoms with Crippen LogP contribution in [0.1, 0.15) is 45.2 Å². The van der Waals surface area contributed by atoms with Crippen LogP contribution in [-0.4, -0.2) is 24.0 Å². The van der Waals surface area contributed by atoms with Gasteiger partial charge in [-0.3, -0.25) is 9.69 Å². The van der Waals surface area contributed by atoms with Crippen LogP contribution < -0.4 is 10.2 Å². The number of hydrogen-bond donors (Lipinski definition) is 1. The van der Waals surface area contributed by atoms with Crippen LogP contribution >= 0.6 is 11.3 Å². The highest BCUT2D eigenvalue weighted by molar-refractivity contribution is 7.14. The molecule has 0 bridgehead atoms. The zero-order valence-corrected chi connectivity index (χ0v) is 12.6. The third kappa shape index (κ3) is 4.58. The van der Waals surface area contributed by atoms with Crippen LogP contribution in [-0.2, 0) is 11.3 Å². The molecule has 19 heavy (non-hydrogen) atoms. The molecule has 0 radical (unpaired) electrons. The van der Waals surface area contributed by atoms with Crippen molar-refractivity contribution < 1.29 is 4.79 Å². The van der Waals surface area contributed by atoms with Crippen LogP contribution in [0.2, 0.25) is 0 Å². The Morgan fingerprint density at radius 1 is 1.58 bits per heavy atom. The lowest BCUT2D eigenvalue weighted by Gasteiger charge is -2.14. The molecule has 0 unspecified atom stereocenters. The fourth-order valence-corrected chi connectivity index (χ4v) is 3.07. The lowest BCUT2D eigenvalue weighted by atomic mass is 10.2. The summed E-state index contributed by atoms with van der Waals surface area (Å²) in [4.78, 5) is 17.6. The number of amides is 1. The third-order valence-corrected chi connectivity index (χ3v) is 4.35. The van der Waals surface area contributed by atoms with Crippen molar-refractivity contribution >= 4 is 22.4 Å². The first-order valence-electron chi connectivity index (χ1n) is 7.14. The van der Waals surface area contributed by atoms with E-state index < -0.39 is 0 Å².